The first-order valence-electron chi connectivity index (χ1n) is 11.1. The molecule has 4 aromatic rings. The minimum atomic E-state index is -1.39. The van der Waals surface area contributed by atoms with Gasteiger partial charge in [-0.1, -0.05) is 55.7 Å². The van der Waals surface area contributed by atoms with E-state index in [4.69, 9.17) is 29.6 Å². The molecule has 38 heavy (non-hydrogen) atoms. The lowest BCUT2D eigenvalue weighted by Gasteiger charge is -2.21. The van der Waals surface area contributed by atoms with Crippen LogP contribution in [0.15, 0.2) is 63.5 Å². The molecule has 0 aliphatic carbocycles. The number of thiocarbonyl (C=S) groups is 1. The largest absolute Gasteiger partial charge is 0.373 e. The van der Waals surface area contributed by atoms with E-state index in [1.165, 1.54) is 0 Å². The van der Waals surface area contributed by atoms with Gasteiger partial charge in [-0.25, -0.2) is 4.98 Å². The van der Waals surface area contributed by atoms with Crippen LogP contribution in [0, 0.1) is 0 Å². The van der Waals surface area contributed by atoms with Gasteiger partial charge >= 0.3 is 0 Å². The van der Waals surface area contributed by atoms with Crippen molar-refractivity contribution in [3.05, 3.63) is 90.9 Å². The molecule has 1 aliphatic rings. The fraction of sp³-hybridized carbons (Fsp3) is 0.0769. The minimum Gasteiger partial charge on any atom is -0.373 e. The zero-order chi connectivity index (χ0) is 27.3. The van der Waals surface area contributed by atoms with Gasteiger partial charge in [-0.15, -0.1) is 0 Å². The number of aliphatic hydroxyl groups is 1. The highest BCUT2D eigenvalue weighted by molar-refractivity contribution is 9.10. The first-order chi connectivity index (χ1) is 18.1. The van der Waals surface area contributed by atoms with Gasteiger partial charge in [-0.3, -0.25) is 9.59 Å². The molecule has 1 atom stereocenters. The van der Waals surface area contributed by atoms with Crippen LogP contribution in [0.25, 0.3) is 10.9 Å². The molecule has 192 valence electrons. The normalized spacial score (nSPS) is 13.1. The van der Waals surface area contributed by atoms with Crippen molar-refractivity contribution in [1.29, 1.82) is 0 Å². The maximum Gasteiger partial charge on any atom is 0.255 e. The second-order valence-electron chi connectivity index (χ2n) is 8.46. The molecule has 3 aromatic carbocycles. The molecule has 0 radical (unpaired) electrons. The van der Waals surface area contributed by atoms with Gasteiger partial charge < -0.3 is 26.4 Å². The lowest BCUT2D eigenvalue weighted by Crippen LogP contribution is -2.22. The van der Waals surface area contributed by atoms with Crippen LogP contribution in [0.2, 0.25) is 5.02 Å². The maximum absolute atomic E-state index is 13.2. The van der Waals surface area contributed by atoms with Gasteiger partial charge in [-0.2, -0.15) is 0 Å². The first-order valence-corrected chi connectivity index (χ1v) is 13.5. The molecule has 1 unspecified atom stereocenters. The first kappa shape index (κ1) is 26.7. The molecule has 0 spiro atoms. The summed E-state index contributed by atoms with van der Waals surface area (Å²) in [7, 11) is 1.74. The summed E-state index contributed by atoms with van der Waals surface area (Å²) in [4.78, 5) is 33.1. The third kappa shape index (κ3) is 4.70. The van der Waals surface area contributed by atoms with Gasteiger partial charge in [0.05, 0.1) is 33.3 Å². The number of carbonyl (C=O) groups is 2. The fourth-order valence-corrected chi connectivity index (χ4v) is 5.24. The Balaban J connectivity index is 1.72. The molecule has 8 nitrogen and oxygen atoms in total. The molecular weight excluding hydrogens is 658 g/mol. The number of rotatable bonds is 5. The predicted molar refractivity (Wildman–Crippen MR) is 160 cm³/mol. The molecule has 0 saturated heterocycles. The molecule has 0 fully saturated rings. The number of hydrogen-bond donors (Lipinski definition) is 4. The second-order valence-corrected chi connectivity index (χ2v) is 11.1. The molecular formula is C26H18Br2ClN5O3S. The highest BCUT2D eigenvalue weighted by atomic mass is 79.9. The number of aromatic nitrogens is 1. The average molecular weight is 676 g/mol. The predicted octanol–water partition coefficient (Wildman–Crippen LogP) is 5.99. The average Bonchev–Trinajstić information content (AvgIpc) is 3.14. The van der Waals surface area contributed by atoms with Crippen molar-refractivity contribution in [1.82, 2.24) is 4.98 Å². The molecule has 1 aliphatic heterocycles. The van der Waals surface area contributed by atoms with Crippen LogP contribution < -0.4 is 21.3 Å². The monoisotopic (exact) mass is 673 g/mol. The topological polar surface area (TPSA) is 121 Å². The summed E-state index contributed by atoms with van der Waals surface area (Å²) in [5.41, 5.74) is 8.43. The Morgan fingerprint density at radius 3 is 2.00 bits per heavy atom. The van der Waals surface area contributed by atoms with Gasteiger partial charge in [-0.05, 0) is 54.6 Å². The Morgan fingerprint density at radius 1 is 1.00 bits per heavy atom. The van der Waals surface area contributed by atoms with E-state index in [-0.39, 0.29) is 27.6 Å². The lowest BCUT2D eigenvalue weighted by molar-refractivity contribution is 0.101. The van der Waals surface area contributed by atoms with Crippen LogP contribution in [0.1, 0.15) is 38.2 Å². The Hall–Kier alpha value is -2.93. The van der Waals surface area contributed by atoms with Crippen molar-refractivity contribution in [2.24, 2.45) is 5.73 Å². The van der Waals surface area contributed by atoms with Gasteiger partial charge in [0.15, 0.2) is 0 Å². The van der Waals surface area contributed by atoms with E-state index in [1.54, 1.807) is 66.5 Å². The van der Waals surface area contributed by atoms with Crippen molar-refractivity contribution in [2.75, 3.05) is 22.6 Å². The third-order valence-corrected chi connectivity index (χ3v) is 7.98. The van der Waals surface area contributed by atoms with Crippen molar-refractivity contribution in [2.45, 2.75) is 6.23 Å². The number of nitrogens with one attached hydrogen (secondary N) is 2. The Labute approximate surface area is 244 Å². The van der Waals surface area contributed by atoms with Crippen molar-refractivity contribution < 1.29 is 14.7 Å². The van der Waals surface area contributed by atoms with Gasteiger partial charge in [0, 0.05) is 38.1 Å². The maximum atomic E-state index is 13.2. The molecule has 12 heteroatoms. The van der Waals surface area contributed by atoms with E-state index in [9.17, 15) is 14.7 Å². The Kier molecular flexibility index (Phi) is 7.25. The quantitative estimate of drug-likeness (QED) is 0.152. The molecule has 1 aromatic heterocycles. The fourth-order valence-electron chi connectivity index (χ4n) is 4.18. The zero-order valence-electron chi connectivity index (χ0n) is 19.6. The number of amides is 2. The van der Waals surface area contributed by atoms with Crippen LogP contribution in [-0.4, -0.2) is 33.9 Å². The summed E-state index contributed by atoms with van der Waals surface area (Å²) in [5.74, 6) is -0.856. The van der Waals surface area contributed by atoms with Gasteiger partial charge in [0.1, 0.15) is 11.2 Å². The van der Waals surface area contributed by atoms with Crippen LogP contribution in [-0.2, 0) is 0 Å². The summed E-state index contributed by atoms with van der Waals surface area (Å²) in [6, 6.07) is 15.2. The molecule has 5 rings (SSSR count). The van der Waals surface area contributed by atoms with E-state index in [2.05, 4.69) is 47.5 Å². The van der Waals surface area contributed by atoms with Gasteiger partial charge in [0.25, 0.3) is 11.8 Å². The summed E-state index contributed by atoms with van der Waals surface area (Å²) < 4.78 is 1.64. The van der Waals surface area contributed by atoms with E-state index in [0.29, 0.717) is 32.8 Å². The Morgan fingerprint density at radius 2 is 1.50 bits per heavy atom. The lowest BCUT2D eigenvalue weighted by atomic mass is 10.0. The van der Waals surface area contributed by atoms with E-state index >= 15 is 0 Å². The highest BCUT2D eigenvalue weighted by Gasteiger charge is 2.34. The molecule has 0 bridgehead atoms. The number of benzene rings is 3. The third-order valence-electron chi connectivity index (χ3n) is 6.05. The number of halogens is 3. The number of nitrogens with zero attached hydrogens (tertiary/aromatic N) is 2. The standard InChI is InChI=1S/C26H18Br2ClN5O3S/c1-34-22-17-15(26(34)38)10-16(23(30)35)31-19(17)20(32-24(36)11-2-6-13(27)7-3-11)18(29)21(22)33-25(37)12-4-8-14(28)9-5-12/h2-10,23,35H,30H2,1H3,(H,32,36)(H,33,37). The summed E-state index contributed by atoms with van der Waals surface area (Å²) in [5, 5.41) is 16.4. The van der Waals surface area contributed by atoms with Crippen LogP contribution in [0.4, 0.5) is 17.1 Å². The summed E-state index contributed by atoms with van der Waals surface area (Å²) >= 11 is 19.3. The number of aliphatic hydroxyl groups excluding tert-OH is 1. The smallest absolute Gasteiger partial charge is 0.255 e. The van der Waals surface area contributed by atoms with Crippen molar-refractivity contribution in [3.63, 3.8) is 0 Å². The number of pyridine rings is 1. The minimum absolute atomic E-state index is 0.0436. The SMILES string of the molecule is CN1C(=S)c2cc(C(N)O)nc3c(NC(=O)c4ccc(Br)cc4)c(Cl)c(NC(=O)c4ccc(Br)cc4)c1c23. The van der Waals surface area contributed by atoms with Crippen molar-refractivity contribution >= 4 is 100 Å². The molecule has 5 N–H and O–H groups in total. The van der Waals surface area contributed by atoms with Gasteiger partial charge in [0.2, 0.25) is 0 Å². The zero-order valence-corrected chi connectivity index (χ0v) is 24.3. The number of nitrogens with two attached hydrogens (primary N) is 1. The number of carbonyl (C=O) groups excluding carboxylic acids is 2. The van der Waals surface area contributed by atoms with Crippen LogP contribution in [0.3, 0.4) is 0 Å². The molecule has 2 heterocycles. The van der Waals surface area contributed by atoms with Crippen LogP contribution >= 0.6 is 55.7 Å². The number of anilines is 3. The highest BCUT2D eigenvalue weighted by Crippen LogP contribution is 2.50. The summed E-state index contributed by atoms with van der Waals surface area (Å²) in [6.07, 6.45) is -1.39. The second kappa shape index (κ2) is 10.3. The van der Waals surface area contributed by atoms with E-state index in [1.807, 2.05) is 0 Å². The number of hydrogen-bond acceptors (Lipinski definition) is 6. The molecule has 2 amide bonds. The van der Waals surface area contributed by atoms with Crippen LogP contribution in [0.5, 0.6) is 0 Å². The Bertz CT molecular complexity index is 1650. The van der Waals surface area contributed by atoms with E-state index < -0.39 is 18.0 Å². The summed E-state index contributed by atoms with van der Waals surface area (Å²) in [6.45, 7) is 0. The van der Waals surface area contributed by atoms with Crippen molar-refractivity contribution in [3.8, 4) is 0 Å². The van der Waals surface area contributed by atoms with E-state index in [0.717, 1.165) is 8.95 Å². The molecule has 0 saturated carbocycles.